The molecule has 7 heteroatoms. The fourth-order valence-electron chi connectivity index (χ4n) is 1.98. The fraction of sp³-hybridized carbons (Fsp3) is 0.727. The maximum Gasteiger partial charge on any atom is 0.326 e. The number of carbonyl (C=O) groups excluding carboxylic acids is 2. The van der Waals surface area contributed by atoms with Crippen LogP contribution in [0.5, 0.6) is 0 Å². The molecule has 7 nitrogen and oxygen atoms in total. The molecule has 1 fully saturated rings. The number of rotatable bonds is 6. The predicted octanol–water partition coefficient (Wildman–Crippen LogP) is -1.32. The molecule has 1 aliphatic rings. The van der Waals surface area contributed by atoms with Gasteiger partial charge in [-0.3, -0.25) is 9.59 Å². The van der Waals surface area contributed by atoms with Gasteiger partial charge in [0.25, 0.3) is 0 Å². The zero-order chi connectivity index (χ0) is 13.7. The summed E-state index contributed by atoms with van der Waals surface area (Å²) in [5, 5.41) is 14.5. The second-order valence-electron chi connectivity index (χ2n) is 4.65. The largest absolute Gasteiger partial charge is 0.480 e. The first-order chi connectivity index (χ1) is 8.41. The first-order valence-corrected chi connectivity index (χ1v) is 5.94. The number of primary amides is 1. The minimum Gasteiger partial charge on any atom is -0.480 e. The number of aliphatic carboxylic acids is 1. The molecule has 2 amide bonds. The lowest BCUT2D eigenvalue weighted by Crippen LogP contribution is -2.45. The molecule has 0 aliphatic carbocycles. The van der Waals surface area contributed by atoms with E-state index in [1.54, 1.807) is 0 Å². The van der Waals surface area contributed by atoms with Gasteiger partial charge in [0, 0.05) is 13.0 Å². The minimum atomic E-state index is -1.15. The highest BCUT2D eigenvalue weighted by Crippen LogP contribution is 2.16. The number of nitrogens with two attached hydrogens (primary N) is 1. The number of carboxylic acid groups (broad SMARTS) is 1. The molecule has 1 aliphatic heterocycles. The molecule has 0 bridgehead atoms. The van der Waals surface area contributed by atoms with Crippen LogP contribution in [0.15, 0.2) is 0 Å². The summed E-state index contributed by atoms with van der Waals surface area (Å²) >= 11 is 0. The molecule has 2 unspecified atom stereocenters. The Hall–Kier alpha value is -1.63. The Kier molecular flexibility index (Phi) is 5.08. The van der Waals surface area contributed by atoms with E-state index in [1.165, 1.54) is 0 Å². The van der Waals surface area contributed by atoms with Crippen molar-refractivity contribution in [3.8, 4) is 0 Å². The van der Waals surface area contributed by atoms with E-state index in [2.05, 4.69) is 10.6 Å². The number of carbonyl (C=O) groups is 3. The monoisotopic (exact) mass is 257 g/mol. The van der Waals surface area contributed by atoms with Gasteiger partial charge in [-0.25, -0.2) is 4.79 Å². The van der Waals surface area contributed by atoms with Gasteiger partial charge in [-0.2, -0.15) is 0 Å². The van der Waals surface area contributed by atoms with Gasteiger partial charge >= 0.3 is 5.97 Å². The molecule has 102 valence electrons. The molecule has 5 N–H and O–H groups in total. The van der Waals surface area contributed by atoms with Gasteiger partial charge in [0.2, 0.25) is 11.8 Å². The number of hydrogen-bond acceptors (Lipinski definition) is 4. The van der Waals surface area contributed by atoms with Crippen LogP contribution in [-0.4, -0.2) is 42.0 Å². The van der Waals surface area contributed by atoms with Crippen molar-refractivity contribution in [3.63, 3.8) is 0 Å². The maximum absolute atomic E-state index is 11.9. The number of nitrogens with one attached hydrogen (secondary N) is 2. The second-order valence-corrected chi connectivity index (χ2v) is 4.65. The summed E-state index contributed by atoms with van der Waals surface area (Å²) in [5.74, 6) is -2.06. The van der Waals surface area contributed by atoms with Gasteiger partial charge in [0.05, 0.1) is 5.92 Å². The van der Waals surface area contributed by atoms with Crippen molar-refractivity contribution in [1.29, 1.82) is 0 Å². The van der Waals surface area contributed by atoms with Gasteiger partial charge < -0.3 is 21.5 Å². The highest BCUT2D eigenvalue weighted by molar-refractivity contribution is 5.86. The van der Waals surface area contributed by atoms with Crippen LogP contribution in [0.3, 0.4) is 0 Å². The first kappa shape index (κ1) is 14.4. The summed E-state index contributed by atoms with van der Waals surface area (Å²) in [4.78, 5) is 33.5. The van der Waals surface area contributed by atoms with E-state index < -0.39 is 17.9 Å². The first-order valence-electron chi connectivity index (χ1n) is 5.94. The van der Waals surface area contributed by atoms with Crippen LogP contribution in [0, 0.1) is 11.8 Å². The zero-order valence-electron chi connectivity index (χ0n) is 10.3. The van der Waals surface area contributed by atoms with Crippen LogP contribution in [0.25, 0.3) is 0 Å². The normalized spacial score (nSPS) is 24.5. The lowest BCUT2D eigenvalue weighted by Gasteiger charge is -2.18. The molecule has 0 saturated carbocycles. The van der Waals surface area contributed by atoms with Crippen LogP contribution in [-0.2, 0) is 14.4 Å². The molecule has 0 aromatic heterocycles. The Morgan fingerprint density at radius 3 is 2.56 bits per heavy atom. The molecule has 1 rings (SSSR count). The summed E-state index contributed by atoms with van der Waals surface area (Å²) < 4.78 is 0. The summed E-state index contributed by atoms with van der Waals surface area (Å²) in [6.45, 7) is 3.23. The van der Waals surface area contributed by atoms with E-state index in [1.807, 2.05) is 6.92 Å². The quantitative estimate of drug-likeness (QED) is 0.470. The highest BCUT2D eigenvalue weighted by Gasteiger charge is 2.32. The lowest BCUT2D eigenvalue weighted by molar-refractivity contribution is -0.142. The number of carboxylic acids is 1. The summed E-state index contributed by atoms with van der Waals surface area (Å²) in [6.07, 6.45) is -0.0410. The lowest BCUT2D eigenvalue weighted by atomic mass is 9.96. The smallest absolute Gasteiger partial charge is 0.326 e. The molecule has 3 atom stereocenters. The summed E-state index contributed by atoms with van der Waals surface area (Å²) in [5.41, 5.74) is 4.96. The number of hydrogen-bond donors (Lipinski definition) is 4. The second kappa shape index (κ2) is 6.34. The molecule has 0 aromatic rings. The molecule has 0 radical (unpaired) electrons. The highest BCUT2D eigenvalue weighted by atomic mass is 16.4. The van der Waals surface area contributed by atoms with Crippen molar-refractivity contribution in [1.82, 2.24) is 10.6 Å². The van der Waals surface area contributed by atoms with Crippen LogP contribution < -0.4 is 16.4 Å². The Morgan fingerprint density at radius 2 is 2.11 bits per heavy atom. The van der Waals surface area contributed by atoms with E-state index in [9.17, 15) is 14.4 Å². The van der Waals surface area contributed by atoms with Crippen molar-refractivity contribution in [3.05, 3.63) is 0 Å². The van der Waals surface area contributed by atoms with Gasteiger partial charge in [-0.15, -0.1) is 0 Å². The van der Waals surface area contributed by atoms with Crippen LogP contribution in [0.4, 0.5) is 0 Å². The van der Waals surface area contributed by atoms with Gasteiger partial charge in [-0.05, 0) is 18.9 Å². The summed E-state index contributed by atoms with van der Waals surface area (Å²) in [7, 11) is 0. The van der Waals surface area contributed by atoms with Crippen molar-refractivity contribution in [2.24, 2.45) is 17.6 Å². The third kappa shape index (κ3) is 3.99. The van der Waals surface area contributed by atoms with Crippen molar-refractivity contribution < 1.29 is 19.5 Å². The van der Waals surface area contributed by atoms with Crippen molar-refractivity contribution in [2.45, 2.75) is 25.8 Å². The number of amides is 2. The van der Waals surface area contributed by atoms with Crippen LogP contribution in [0.2, 0.25) is 0 Å². The molecule has 18 heavy (non-hydrogen) atoms. The van der Waals surface area contributed by atoms with Gasteiger partial charge in [0.15, 0.2) is 0 Å². The van der Waals surface area contributed by atoms with Crippen LogP contribution in [0.1, 0.15) is 19.8 Å². The van der Waals surface area contributed by atoms with E-state index >= 15 is 0 Å². The SMILES string of the molecule is CC1CNCC1C(=O)N[C@H](CCC(N)=O)C(=O)O. The maximum atomic E-state index is 11.9. The van der Waals surface area contributed by atoms with Gasteiger partial charge in [0.1, 0.15) is 6.04 Å². The van der Waals surface area contributed by atoms with E-state index in [0.717, 1.165) is 6.54 Å². The fourth-order valence-corrected chi connectivity index (χ4v) is 1.98. The van der Waals surface area contributed by atoms with Crippen molar-refractivity contribution >= 4 is 17.8 Å². The topological polar surface area (TPSA) is 122 Å². The molecule has 0 aromatic carbocycles. The zero-order valence-corrected chi connectivity index (χ0v) is 10.3. The van der Waals surface area contributed by atoms with E-state index in [-0.39, 0.29) is 30.6 Å². The average molecular weight is 257 g/mol. The molecule has 0 spiro atoms. The molecule has 1 heterocycles. The Labute approximate surface area is 105 Å². The molecular formula is C11H19N3O4. The molecular weight excluding hydrogens is 238 g/mol. The predicted molar refractivity (Wildman–Crippen MR) is 63.5 cm³/mol. The third-order valence-corrected chi connectivity index (χ3v) is 3.15. The Morgan fingerprint density at radius 1 is 1.44 bits per heavy atom. The van der Waals surface area contributed by atoms with E-state index in [4.69, 9.17) is 10.8 Å². The van der Waals surface area contributed by atoms with E-state index in [0.29, 0.717) is 6.54 Å². The standard InChI is InChI=1S/C11H19N3O4/c1-6-4-13-5-7(6)10(16)14-8(11(17)18)2-3-9(12)15/h6-8,13H,2-5H2,1H3,(H2,12,15)(H,14,16)(H,17,18)/t6?,7?,8-/m1/s1. The Balaban J connectivity index is 2.52. The Bertz CT molecular complexity index is 345. The average Bonchev–Trinajstić information content (AvgIpc) is 2.69. The summed E-state index contributed by atoms with van der Waals surface area (Å²) in [6, 6.07) is -1.06. The van der Waals surface area contributed by atoms with Crippen LogP contribution >= 0.6 is 0 Å². The third-order valence-electron chi connectivity index (χ3n) is 3.15. The molecule has 1 saturated heterocycles. The minimum absolute atomic E-state index is 0.0188. The van der Waals surface area contributed by atoms with Crippen molar-refractivity contribution in [2.75, 3.05) is 13.1 Å². The van der Waals surface area contributed by atoms with Gasteiger partial charge in [-0.1, -0.05) is 6.92 Å².